The van der Waals surface area contributed by atoms with Crippen molar-refractivity contribution in [1.82, 2.24) is 19.9 Å². The van der Waals surface area contributed by atoms with Crippen LogP contribution in [0.25, 0.3) is 11.4 Å². The summed E-state index contributed by atoms with van der Waals surface area (Å²) < 4.78 is 45.0. The molecule has 1 saturated heterocycles. The minimum absolute atomic E-state index is 0.0605. The second-order valence-electron chi connectivity index (χ2n) is 8.56. The molecule has 2 atom stereocenters. The SMILES string of the molecule is O=C(Nc1cc(OCC(O)CO)ncn1)N1c2nc(-c3cccc(C(F)(F)F)c3)ncc2N2CC[C@H]1C2. The number of hydrogen-bond donors (Lipinski definition) is 3. The van der Waals surface area contributed by atoms with Crippen LogP contribution in [0.5, 0.6) is 5.88 Å². The Labute approximate surface area is 208 Å². The number of urea groups is 1. The van der Waals surface area contributed by atoms with Gasteiger partial charge in [-0.05, 0) is 18.6 Å². The first-order valence-corrected chi connectivity index (χ1v) is 11.4. The van der Waals surface area contributed by atoms with Gasteiger partial charge in [-0.15, -0.1) is 0 Å². The summed E-state index contributed by atoms with van der Waals surface area (Å²) in [4.78, 5) is 33.6. The monoisotopic (exact) mass is 517 g/mol. The molecule has 0 aliphatic carbocycles. The second-order valence-corrected chi connectivity index (χ2v) is 8.56. The van der Waals surface area contributed by atoms with Crippen LogP contribution in [0.4, 0.5) is 35.3 Å². The van der Waals surface area contributed by atoms with E-state index in [9.17, 15) is 23.1 Å². The van der Waals surface area contributed by atoms with Crippen LogP contribution in [-0.2, 0) is 6.18 Å². The van der Waals surface area contributed by atoms with E-state index in [0.717, 1.165) is 12.1 Å². The van der Waals surface area contributed by atoms with Crippen molar-refractivity contribution in [3.8, 4) is 17.3 Å². The number of aromatic nitrogens is 4. The summed E-state index contributed by atoms with van der Waals surface area (Å²) in [6.07, 6.45) is -2.25. The van der Waals surface area contributed by atoms with Gasteiger partial charge in [0.15, 0.2) is 11.6 Å². The normalized spacial score (nSPS) is 17.4. The Kier molecular flexibility index (Phi) is 6.52. The highest BCUT2D eigenvalue weighted by atomic mass is 19.4. The molecule has 2 aromatic heterocycles. The average molecular weight is 517 g/mol. The molecule has 1 fully saturated rings. The molecule has 11 nitrogen and oxygen atoms in total. The molecule has 2 bridgehead atoms. The first kappa shape index (κ1) is 24.6. The number of alkyl halides is 3. The smallest absolute Gasteiger partial charge is 0.416 e. The number of halogens is 3. The van der Waals surface area contributed by atoms with Crippen LogP contribution in [0.3, 0.4) is 0 Å². The standard InChI is InChI=1S/C23H22F3N7O4/c24-23(25,26)14-3-1-2-13(6-14)20-27-8-17-21(31-20)33(15-4-5-32(17)9-15)22(36)30-18-7-19(29-12-28-18)37-11-16(35)10-34/h1-3,6-8,12,15-16,34-35H,4-5,9-11H2,(H,28,29,30,36)/t15-,16?/m0/s1. The lowest BCUT2D eigenvalue weighted by Crippen LogP contribution is -2.48. The Bertz CT molecular complexity index is 1310. The van der Waals surface area contributed by atoms with Crippen molar-refractivity contribution in [3.63, 3.8) is 0 Å². The molecule has 1 aromatic carbocycles. The zero-order valence-electron chi connectivity index (χ0n) is 19.3. The molecule has 2 aliphatic rings. The highest BCUT2D eigenvalue weighted by molar-refractivity contribution is 6.04. The van der Waals surface area contributed by atoms with E-state index in [1.165, 1.54) is 35.6 Å². The third-order valence-electron chi connectivity index (χ3n) is 6.03. The van der Waals surface area contributed by atoms with Crippen molar-refractivity contribution in [3.05, 3.63) is 48.4 Å². The lowest BCUT2D eigenvalue weighted by molar-refractivity contribution is -0.137. The van der Waals surface area contributed by atoms with Gasteiger partial charge in [-0.3, -0.25) is 10.2 Å². The van der Waals surface area contributed by atoms with Gasteiger partial charge in [-0.25, -0.2) is 24.7 Å². The van der Waals surface area contributed by atoms with Gasteiger partial charge in [0.25, 0.3) is 0 Å². The van der Waals surface area contributed by atoms with Crippen LogP contribution < -0.4 is 19.9 Å². The molecule has 5 rings (SSSR count). The zero-order valence-corrected chi connectivity index (χ0v) is 19.3. The number of rotatable bonds is 6. The van der Waals surface area contributed by atoms with Gasteiger partial charge in [0.2, 0.25) is 5.88 Å². The molecule has 4 heterocycles. The van der Waals surface area contributed by atoms with E-state index in [2.05, 4.69) is 25.3 Å². The molecule has 0 saturated carbocycles. The molecular formula is C23H22F3N7O4. The van der Waals surface area contributed by atoms with Crippen molar-refractivity contribution in [2.24, 2.45) is 0 Å². The van der Waals surface area contributed by atoms with Crippen LogP contribution in [0.1, 0.15) is 12.0 Å². The number of hydrogen-bond acceptors (Lipinski definition) is 9. The maximum absolute atomic E-state index is 13.4. The minimum Gasteiger partial charge on any atom is -0.475 e. The molecule has 2 aliphatic heterocycles. The quantitative estimate of drug-likeness (QED) is 0.450. The van der Waals surface area contributed by atoms with Gasteiger partial charge in [-0.1, -0.05) is 12.1 Å². The highest BCUT2D eigenvalue weighted by Crippen LogP contribution is 2.40. The van der Waals surface area contributed by atoms with Crippen molar-refractivity contribution in [2.45, 2.75) is 24.7 Å². The van der Waals surface area contributed by atoms with Gasteiger partial charge in [0.1, 0.15) is 24.9 Å². The first-order valence-electron chi connectivity index (χ1n) is 11.4. The fraction of sp³-hybridized carbons (Fsp3) is 0.348. The van der Waals surface area contributed by atoms with Crippen LogP contribution in [0, 0.1) is 0 Å². The average Bonchev–Trinajstić information content (AvgIpc) is 3.31. The molecule has 3 aromatic rings. The fourth-order valence-corrected chi connectivity index (χ4v) is 4.24. The number of aliphatic hydroxyl groups excluding tert-OH is 2. The number of amides is 2. The van der Waals surface area contributed by atoms with E-state index in [0.29, 0.717) is 25.2 Å². The summed E-state index contributed by atoms with van der Waals surface area (Å²) in [6.45, 7) is 0.551. The predicted octanol–water partition coefficient (Wildman–Crippen LogP) is 2.32. The number of ether oxygens (including phenoxy) is 1. The maximum atomic E-state index is 13.4. The number of nitrogens with one attached hydrogen (secondary N) is 1. The largest absolute Gasteiger partial charge is 0.475 e. The number of benzene rings is 1. The van der Waals surface area contributed by atoms with E-state index in [1.807, 2.05) is 4.90 Å². The highest BCUT2D eigenvalue weighted by Gasteiger charge is 2.41. The molecule has 0 radical (unpaired) electrons. The summed E-state index contributed by atoms with van der Waals surface area (Å²) in [7, 11) is 0. The summed E-state index contributed by atoms with van der Waals surface area (Å²) in [5, 5.41) is 21.0. The summed E-state index contributed by atoms with van der Waals surface area (Å²) in [6, 6.07) is 5.32. The van der Waals surface area contributed by atoms with Gasteiger partial charge in [-0.2, -0.15) is 13.2 Å². The van der Waals surface area contributed by atoms with Crippen LogP contribution in [-0.4, -0.2) is 74.6 Å². The Hall–Kier alpha value is -4.04. The Balaban J connectivity index is 1.42. The Morgan fingerprint density at radius 2 is 2.08 bits per heavy atom. The summed E-state index contributed by atoms with van der Waals surface area (Å²) in [5.74, 6) is 0.552. The van der Waals surface area contributed by atoms with E-state index in [1.54, 1.807) is 0 Å². The first-order chi connectivity index (χ1) is 17.7. The second kappa shape index (κ2) is 9.78. The van der Waals surface area contributed by atoms with E-state index in [4.69, 9.17) is 9.84 Å². The molecule has 1 unspecified atom stereocenters. The summed E-state index contributed by atoms with van der Waals surface area (Å²) in [5.41, 5.74) is -0.0454. The van der Waals surface area contributed by atoms with Crippen molar-refractivity contribution >= 4 is 23.4 Å². The lowest BCUT2D eigenvalue weighted by Gasteiger charge is -2.35. The fourth-order valence-electron chi connectivity index (χ4n) is 4.24. The number of anilines is 3. The van der Waals surface area contributed by atoms with Gasteiger partial charge >= 0.3 is 12.2 Å². The number of fused-ring (bicyclic) bond motifs is 4. The van der Waals surface area contributed by atoms with Gasteiger partial charge in [0.05, 0.1) is 30.1 Å². The number of nitrogens with zero attached hydrogens (tertiary/aromatic N) is 6. The molecular weight excluding hydrogens is 495 g/mol. The molecule has 194 valence electrons. The van der Waals surface area contributed by atoms with Crippen molar-refractivity contribution in [2.75, 3.05) is 41.4 Å². The van der Waals surface area contributed by atoms with E-state index >= 15 is 0 Å². The third-order valence-corrected chi connectivity index (χ3v) is 6.03. The maximum Gasteiger partial charge on any atom is 0.416 e. The third kappa shape index (κ3) is 5.11. The topological polar surface area (TPSA) is 137 Å². The molecule has 0 spiro atoms. The lowest BCUT2D eigenvalue weighted by atomic mass is 10.1. The Morgan fingerprint density at radius 3 is 2.86 bits per heavy atom. The van der Waals surface area contributed by atoms with E-state index in [-0.39, 0.29) is 41.6 Å². The predicted molar refractivity (Wildman–Crippen MR) is 125 cm³/mol. The van der Waals surface area contributed by atoms with Gasteiger partial charge < -0.3 is 19.8 Å². The van der Waals surface area contributed by atoms with Crippen LogP contribution >= 0.6 is 0 Å². The van der Waals surface area contributed by atoms with E-state index < -0.39 is 30.5 Å². The molecule has 37 heavy (non-hydrogen) atoms. The molecule has 3 N–H and O–H groups in total. The Morgan fingerprint density at radius 1 is 1.24 bits per heavy atom. The summed E-state index contributed by atoms with van der Waals surface area (Å²) >= 11 is 0. The minimum atomic E-state index is -4.52. The van der Waals surface area contributed by atoms with Crippen molar-refractivity contribution in [1.29, 1.82) is 0 Å². The molecule has 14 heteroatoms. The number of carbonyl (C=O) groups is 1. The van der Waals surface area contributed by atoms with Gasteiger partial charge in [0, 0.05) is 24.7 Å². The number of aliphatic hydroxyl groups is 2. The van der Waals surface area contributed by atoms with Crippen LogP contribution in [0.15, 0.2) is 42.9 Å². The van der Waals surface area contributed by atoms with Crippen molar-refractivity contribution < 1.29 is 32.9 Å². The van der Waals surface area contributed by atoms with Crippen LogP contribution in [0.2, 0.25) is 0 Å². The zero-order chi connectivity index (χ0) is 26.2. The number of carbonyl (C=O) groups excluding carboxylic acids is 1. The molecule has 2 amide bonds.